The third-order valence-corrected chi connectivity index (χ3v) is 4.24. The number of nitrogens with one attached hydrogen (secondary N) is 3. The van der Waals surface area contributed by atoms with Crippen LogP contribution < -0.4 is 25.8 Å². The summed E-state index contributed by atoms with van der Waals surface area (Å²) in [6.07, 6.45) is 2.83. The number of nitrogens with zero attached hydrogens (tertiary/aromatic N) is 1. The van der Waals surface area contributed by atoms with Crippen LogP contribution in [0.5, 0.6) is 5.75 Å². The van der Waals surface area contributed by atoms with E-state index < -0.39 is 5.91 Å². The van der Waals surface area contributed by atoms with Gasteiger partial charge in [0.05, 0.1) is 12.8 Å². The molecule has 1 aliphatic heterocycles. The number of hydrazine groups is 1. The maximum Gasteiger partial charge on any atom is 0.305 e. The van der Waals surface area contributed by atoms with E-state index in [1.807, 2.05) is 0 Å². The molecule has 2 rings (SSSR count). The molecule has 0 saturated carbocycles. The molecule has 2 amide bonds. The minimum Gasteiger partial charge on any atom is -0.482 e. The number of carbonyl (C=O) groups excluding carboxylic acids is 3. The van der Waals surface area contributed by atoms with E-state index >= 15 is 0 Å². The largest absolute Gasteiger partial charge is 0.482 e. The second-order valence-corrected chi connectivity index (χ2v) is 6.46. The van der Waals surface area contributed by atoms with E-state index in [1.165, 1.54) is 12.0 Å². The Morgan fingerprint density at radius 1 is 1.21 bits per heavy atom. The highest BCUT2D eigenvalue weighted by atomic mass is 32.1. The van der Waals surface area contributed by atoms with Crippen molar-refractivity contribution in [3.63, 3.8) is 0 Å². The molecule has 0 radical (unpaired) electrons. The van der Waals surface area contributed by atoms with E-state index in [9.17, 15) is 14.4 Å². The van der Waals surface area contributed by atoms with E-state index in [-0.39, 0.29) is 30.1 Å². The number of fused-ring (bicyclic) bond motifs is 1. The second-order valence-electron chi connectivity index (χ2n) is 6.05. The first-order valence-corrected chi connectivity index (χ1v) is 9.33. The standard InChI is InChI=1S/C18H24N4O5S/c1-26-17(25)9-3-2-6-10-19-18(28)21-20-15(23)11-22-13-7-4-5-8-14(13)27-12-16(22)24/h4-5,7-8H,2-3,6,9-12H2,1H3,(H,20,23)(H2,19,21,28). The number of ether oxygens (including phenoxy) is 2. The fourth-order valence-electron chi connectivity index (χ4n) is 2.56. The molecule has 3 N–H and O–H groups in total. The lowest BCUT2D eigenvalue weighted by molar-refractivity contribution is -0.140. The number of benzene rings is 1. The van der Waals surface area contributed by atoms with Gasteiger partial charge in [-0.05, 0) is 37.2 Å². The van der Waals surface area contributed by atoms with Gasteiger partial charge in [-0.1, -0.05) is 18.6 Å². The lowest BCUT2D eigenvalue weighted by Gasteiger charge is -2.28. The summed E-state index contributed by atoms with van der Waals surface area (Å²) >= 11 is 5.09. The molecule has 0 unspecified atom stereocenters. The summed E-state index contributed by atoms with van der Waals surface area (Å²) in [6, 6.07) is 7.04. The zero-order valence-corrected chi connectivity index (χ0v) is 16.5. The van der Waals surface area contributed by atoms with Gasteiger partial charge in [0.1, 0.15) is 12.3 Å². The van der Waals surface area contributed by atoms with E-state index in [2.05, 4.69) is 20.9 Å². The van der Waals surface area contributed by atoms with Crippen molar-refractivity contribution in [1.29, 1.82) is 0 Å². The molecular formula is C18H24N4O5S. The maximum atomic E-state index is 12.1. The molecule has 0 fully saturated rings. The predicted molar refractivity (Wildman–Crippen MR) is 107 cm³/mol. The first-order valence-electron chi connectivity index (χ1n) is 8.93. The van der Waals surface area contributed by atoms with Crippen LogP contribution in [-0.2, 0) is 19.1 Å². The van der Waals surface area contributed by atoms with Crippen LogP contribution in [0.3, 0.4) is 0 Å². The van der Waals surface area contributed by atoms with Crippen molar-refractivity contribution in [3.8, 4) is 5.75 Å². The minimum atomic E-state index is -0.410. The van der Waals surface area contributed by atoms with Crippen LogP contribution in [0, 0.1) is 0 Å². The summed E-state index contributed by atoms with van der Waals surface area (Å²) in [4.78, 5) is 36.6. The van der Waals surface area contributed by atoms with E-state index in [1.54, 1.807) is 24.3 Å². The minimum absolute atomic E-state index is 0.104. The molecule has 0 atom stereocenters. The maximum absolute atomic E-state index is 12.1. The molecular weight excluding hydrogens is 384 g/mol. The molecule has 152 valence electrons. The van der Waals surface area contributed by atoms with E-state index in [4.69, 9.17) is 17.0 Å². The van der Waals surface area contributed by atoms with Gasteiger partial charge in [-0.2, -0.15) is 0 Å². The molecule has 0 bridgehead atoms. The number of esters is 1. The molecule has 0 aromatic heterocycles. The molecule has 0 saturated heterocycles. The third kappa shape index (κ3) is 6.69. The Morgan fingerprint density at radius 3 is 2.79 bits per heavy atom. The number of unbranched alkanes of at least 4 members (excludes halogenated alkanes) is 2. The van der Waals surface area contributed by atoms with Crippen LogP contribution >= 0.6 is 12.2 Å². The fraction of sp³-hybridized carbons (Fsp3) is 0.444. The molecule has 28 heavy (non-hydrogen) atoms. The van der Waals surface area contributed by atoms with Crippen molar-refractivity contribution >= 4 is 40.8 Å². The fourth-order valence-corrected chi connectivity index (χ4v) is 2.71. The second kappa shape index (κ2) is 11.1. The number of amides is 2. The smallest absolute Gasteiger partial charge is 0.305 e. The van der Waals surface area contributed by atoms with Crippen LogP contribution in [-0.4, -0.2) is 49.7 Å². The molecule has 9 nitrogen and oxygen atoms in total. The summed E-state index contributed by atoms with van der Waals surface area (Å²) in [7, 11) is 1.37. The lowest BCUT2D eigenvalue weighted by Crippen LogP contribution is -2.51. The molecule has 10 heteroatoms. The topological polar surface area (TPSA) is 109 Å². The van der Waals surface area contributed by atoms with E-state index in [0.29, 0.717) is 24.4 Å². The molecule has 1 aromatic rings. The highest BCUT2D eigenvalue weighted by Crippen LogP contribution is 2.30. The quantitative estimate of drug-likeness (QED) is 0.249. The van der Waals surface area contributed by atoms with Crippen molar-refractivity contribution in [3.05, 3.63) is 24.3 Å². The number of anilines is 1. The third-order valence-electron chi connectivity index (χ3n) is 4.00. The number of rotatable bonds is 8. The summed E-state index contributed by atoms with van der Waals surface area (Å²) in [5.74, 6) is -0.352. The average molecular weight is 408 g/mol. The van der Waals surface area contributed by atoms with Gasteiger partial charge in [0.2, 0.25) is 0 Å². The molecule has 0 spiro atoms. The average Bonchev–Trinajstić information content (AvgIpc) is 2.70. The number of methoxy groups -OCH3 is 1. The Morgan fingerprint density at radius 2 is 2.00 bits per heavy atom. The SMILES string of the molecule is COC(=O)CCCCCNC(=S)NNC(=O)CN1C(=O)COc2ccccc21. The lowest BCUT2D eigenvalue weighted by atomic mass is 10.2. The highest BCUT2D eigenvalue weighted by molar-refractivity contribution is 7.80. The number of hydrogen-bond donors (Lipinski definition) is 3. The Bertz CT molecular complexity index is 728. The number of carbonyl (C=O) groups is 3. The first-order chi connectivity index (χ1) is 13.5. The van der Waals surface area contributed by atoms with Gasteiger partial charge >= 0.3 is 5.97 Å². The van der Waals surface area contributed by atoms with Gasteiger partial charge < -0.3 is 14.8 Å². The summed E-state index contributed by atoms with van der Waals surface area (Å²) in [5, 5.41) is 3.23. The van der Waals surface area contributed by atoms with Crippen LogP contribution in [0.15, 0.2) is 24.3 Å². The zero-order valence-electron chi connectivity index (χ0n) is 15.7. The van der Waals surface area contributed by atoms with Crippen LogP contribution in [0.4, 0.5) is 5.69 Å². The monoisotopic (exact) mass is 408 g/mol. The molecule has 0 aliphatic carbocycles. The van der Waals surface area contributed by atoms with Gasteiger partial charge in [-0.3, -0.25) is 30.1 Å². The summed E-state index contributed by atoms with van der Waals surface area (Å²) in [5.41, 5.74) is 5.63. The van der Waals surface area contributed by atoms with E-state index in [0.717, 1.165) is 19.3 Å². The highest BCUT2D eigenvalue weighted by Gasteiger charge is 2.26. The molecule has 1 aromatic carbocycles. The summed E-state index contributed by atoms with van der Waals surface area (Å²) in [6.45, 7) is 0.355. The number of para-hydroxylation sites is 2. The Kier molecular flexibility index (Phi) is 8.47. The zero-order chi connectivity index (χ0) is 20.4. The van der Waals surface area contributed by atoms with Crippen molar-refractivity contribution in [2.75, 3.05) is 31.7 Å². The van der Waals surface area contributed by atoms with Gasteiger partial charge in [0.15, 0.2) is 11.7 Å². The predicted octanol–water partition coefficient (Wildman–Crippen LogP) is 0.641. The van der Waals surface area contributed by atoms with Crippen molar-refractivity contribution < 1.29 is 23.9 Å². The van der Waals surface area contributed by atoms with Gasteiger partial charge in [0, 0.05) is 13.0 Å². The Hall–Kier alpha value is -2.88. The van der Waals surface area contributed by atoms with Crippen LogP contribution in [0.1, 0.15) is 25.7 Å². The Balaban J connectivity index is 1.65. The van der Waals surface area contributed by atoms with Crippen molar-refractivity contribution in [1.82, 2.24) is 16.2 Å². The normalized spacial score (nSPS) is 12.5. The van der Waals surface area contributed by atoms with Gasteiger partial charge in [-0.15, -0.1) is 0 Å². The van der Waals surface area contributed by atoms with Gasteiger partial charge in [-0.25, -0.2) is 0 Å². The first kappa shape index (κ1) is 21.4. The van der Waals surface area contributed by atoms with Crippen LogP contribution in [0.2, 0.25) is 0 Å². The van der Waals surface area contributed by atoms with Gasteiger partial charge in [0.25, 0.3) is 11.8 Å². The van der Waals surface area contributed by atoms with Crippen molar-refractivity contribution in [2.45, 2.75) is 25.7 Å². The Labute approximate surface area is 168 Å². The molecule has 1 aliphatic rings. The van der Waals surface area contributed by atoms with Crippen molar-refractivity contribution in [2.24, 2.45) is 0 Å². The molecule has 1 heterocycles. The van der Waals surface area contributed by atoms with Crippen LogP contribution in [0.25, 0.3) is 0 Å². The number of thiocarbonyl (C=S) groups is 1. The summed E-state index contributed by atoms with van der Waals surface area (Å²) < 4.78 is 9.92. The number of hydrogen-bond acceptors (Lipinski definition) is 6.